The maximum Gasteiger partial charge on any atom is 0.573 e. The Morgan fingerprint density at radius 3 is 2.59 bits per heavy atom. The van der Waals surface area contributed by atoms with Gasteiger partial charge in [-0.3, -0.25) is 0 Å². The van der Waals surface area contributed by atoms with Gasteiger partial charge in [0.2, 0.25) is 0 Å². The zero-order valence-electron chi connectivity index (χ0n) is 8.68. The van der Waals surface area contributed by atoms with E-state index < -0.39 is 12.4 Å². The Bertz CT molecular complexity index is 442. The molecule has 92 valence electrons. The summed E-state index contributed by atoms with van der Waals surface area (Å²) in [5.41, 5.74) is 0.528. The number of rotatable bonds is 3. The molecule has 1 aromatic rings. The minimum Gasteiger partial charge on any atom is -0.405 e. The number of alkyl halides is 3. The summed E-state index contributed by atoms with van der Waals surface area (Å²) in [6, 6.07) is 5.50. The molecule has 0 amide bonds. The number of hydrogen-bond donors (Lipinski definition) is 1. The third-order valence-corrected chi connectivity index (χ3v) is 2.35. The third kappa shape index (κ3) is 4.53. The monoisotopic (exact) mass is 308 g/mol. The van der Waals surface area contributed by atoms with E-state index in [-0.39, 0.29) is 10.2 Å². The van der Waals surface area contributed by atoms with E-state index in [1.165, 1.54) is 18.2 Å². The molecule has 0 heterocycles. The van der Waals surface area contributed by atoms with Crippen LogP contribution in [-0.4, -0.2) is 12.4 Å². The van der Waals surface area contributed by atoms with Gasteiger partial charge in [-0.15, -0.1) is 13.2 Å². The maximum absolute atomic E-state index is 12.0. The molecular formula is C10H8BrF3N2O. The van der Waals surface area contributed by atoms with Crippen LogP contribution in [0.4, 0.5) is 18.9 Å². The van der Waals surface area contributed by atoms with Crippen LogP contribution in [0.5, 0.6) is 5.75 Å². The van der Waals surface area contributed by atoms with E-state index in [1.54, 1.807) is 6.92 Å². The lowest BCUT2D eigenvalue weighted by Gasteiger charge is -2.13. The predicted octanol–water partition coefficient (Wildman–Crippen LogP) is 3.67. The number of halogens is 4. The first kappa shape index (κ1) is 13.6. The summed E-state index contributed by atoms with van der Waals surface area (Å²) in [4.78, 5) is 0. The Hall–Kier alpha value is -1.42. The van der Waals surface area contributed by atoms with Crippen molar-refractivity contribution < 1.29 is 17.9 Å². The van der Waals surface area contributed by atoms with Gasteiger partial charge >= 0.3 is 6.36 Å². The van der Waals surface area contributed by atoms with Crippen molar-refractivity contribution in [1.29, 1.82) is 5.26 Å². The van der Waals surface area contributed by atoms with E-state index in [2.05, 4.69) is 26.0 Å². The van der Waals surface area contributed by atoms with Gasteiger partial charge in [0.25, 0.3) is 0 Å². The Labute approximate surface area is 104 Å². The average Bonchev–Trinajstić information content (AvgIpc) is 2.20. The van der Waals surface area contributed by atoms with E-state index >= 15 is 0 Å². The number of nitrogens with one attached hydrogen (secondary N) is 1. The van der Waals surface area contributed by atoms with Crippen LogP contribution in [0.2, 0.25) is 0 Å². The first-order chi connectivity index (χ1) is 7.81. The van der Waals surface area contributed by atoms with E-state index in [4.69, 9.17) is 5.26 Å². The van der Waals surface area contributed by atoms with Crippen molar-refractivity contribution in [3.63, 3.8) is 0 Å². The minimum atomic E-state index is -4.72. The van der Waals surface area contributed by atoms with Gasteiger partial charge in [0.15, 0.2) is 0 Å². The number of hydrogen-bond acceptors (Lipinski definition) is 3. The number of nitriles is 1. The van der Waals surface area contributed by atoms with Gasteiger partial charge < -0.3 is 10.1 Å². The molecule has 0 spiro atoms. The molecule has 1 unspecified atom stereocenters. The fourth-order valence-electron chi connectivity index (χ4n) is 1.08. The second-order valence-corrected chi connectivity index (χ2v) is 4.04. The van der Waals surface area contributed by atoms with Crippen molar-refractivity contribution in [2.45, 2.75) is 19.3 Å². The summed E-state index contributed by atoms with van der Waals surface area (Å²) in [6.45, 7) is 1.63. The van der Waals surface area contributed by atoms with Crippen molar-refractivity contribution in [1.82, 2.24) is 0 Å². The molecule has 3 nitrogen and oxygen atoms in total. The molecule has 0 fully saturated rings. The highest BCUT2D eigenvalue weighted by Gasteiger charge is 2.31. The largest absolute Gasteiger partial charge is 0.573 e. The van der Waals surface area contributed by atoms with Gasteiger partial charge in [-0.25, -0.2) is 0 Å². The van der Waals surface area contributed by atoms with Gasteiger partial charge in [0.1, 0.15) is 11.8 Å². The number of anilines is 1. The first-order valence-electron chi connectivity index (χ1n) is 4.53. The van der Waals surface area contributed by atoms with Crippen molar-refractivity contribution in [2.24, 2.45) is 0 Å². The van der Waals surface area contributed by atoms with Gasteiger partial charge in [-0.1, -0.05) is 0 Å². The smallest absolute Gasteiger partial charge is 0.405 e. The van der Waals surface area contributed by atoms with Crippen LogP contribution < -0.4 is 10.1 Å². The highest BCUT2D eigenvalue weighted by Crippen LogP contribution is 2.32. The SMILES string of the molecule is CC(C#N)Nc1ccc(OC(F)(F)F)c(Br)c1. The summed E-state index contributed by atoms with van der Waals surface area (Å²) in [5, 5.41) is 11.4. The molecule has 0 bridgehead atoms. The van der Waals surface area contributed by atoms with Crippen LogP contribution >= 0.6 is 15.9 Å². The summed E-state index contributed by atoms with van der Waals surface area (Å²) >= 11 is 2.96. The molecular weight excluding hydrogens is 301 g/mol. The van der Waals surface area contributed by atoms with Crippen LogP contribution in [0.25, 0.3) is 0 Å². The summed E-state index contributed by atoms with van der Waals surface area (Å²) in [7, 11) is 0. The Balaban J connectivity index is 2.84. The lowest BCUT2D eigenvalue weighted by molar-refractivity contribution is -0.274. The highest BCUT2D eigenvalue weighted by molar-refractivity contribution is 9.10. The Morgan fingerprint density at radius 2 is 2.12 bits per heavy atom. The molecule has 0 saturated heterocycles. The maximum atomic E-state index is 12.0. The van der Waals surface area contributed by atoms with Crippen LogP contribution in [0, 0.1) is 11.3 Å². The molecule has 0 saturated carbocycles. The fraction of sp³-hybridized carbons (Fsp3) is 0.300. The summed E-state index contributed by atoms with van der Waals surface area (Å²) in [5.74, 6) is -0.326. The van der Waals surface area contributed by atoms with Crippen molar-refractivity contribution in [3.8, 4) is 11.8 Å². The Kier molecular flexibility index (Phi) is 4.23. The second-order valence-electron chi connectivity index (χ2n) is 3.19. The average molecular weight is 309 g/mol. The molecule has 1 N–H and O–H groups in total. The molecule has 0 aromatic heterocycles. The lowest BCUT2D eigenvalue weighted by atomic mass is 10.2. The van der Waals surface area contributed by atoms with Gasteiger partial charge in [-0.05, 0) is 41.1 Å². The molecule has 1 rings (SSSR count). The van der Waals surface area contributed by atoms with Crippen molar-refractivity contribution in [2.75, 3.05) is 5.32 Å². The molecule has 7 heteroatoms. The van der Waals surface area contributed by atoms with E-state index in [0.29, 0.717) is 5.69 Å². The molecule has 1 aromatic carbocycles. The van der Waals surface area contributed by atoms with E-state index in [1.807, 2.05) is 6.07 Å². The molecule has 0 aliphatic heterocycles. The molecule has 0 aliphatic carbocycles. The van der Waals surface area contributed by atoms with Crippen LogP contribution in [0.3, 0.4) is 0 Å². The topological polar surface area (TPSA) is 45.0 Å². The molecule has 0 aliphatic rings. The van der Waals surface area contributed by atoms with Crippen molar-refractivity contribution >= 4 is 21.6 Å². The quantitative estimate of drug-likeness (QED) is 0.926. The molecule has 1 atom stereocenters. The molecule has 17 heavy (non-hydrogen) atoms. The molecule has 0 radical (unpaired) electrons. The zero-order chi connectivity index (χ0) is 13.1. The first-order valence-corrected chi connectivity index (χ1v) is 5.32. The second kappa shape index (κ2) is 5.27. The zero-order valence-corrected chi connectivity index (χ0v) is 10.3. The predicted molar refractivity (Wildman–Crippen MR) is 59.5 cm³/mol. The van der Waals surface area contributed by atoms with Crippen LogP contribution in [-0.2, 0) is 0 Å². The lowest BCUT2D eigenvalue weighted by Crippen LogP contribution is -2.17. The highest BCUT2D eigenvalue weighted by atomic mass is 79.9. The normalized spacial score (nSPS) is 12.7. The number of ether oxygens (including phenoxy) is 1. The Morgan fingerprint density at radius 1 is 1.47 bits per heavy atom. The van der Waals surface area contributed by atoms with Gasteiger partial charge in [-0.2, -0.15) is 5.26 Å². The van der Waals surface area contributed by atoms with E-state index in [0.717, 1.165) is 0 Å². The number of nitrogens with zero attached hydrogens (tertiary/aromatic N) is 1. The number of benzene rings is 1. The fourth-order valence-corrected chi connectivity index (χ4v) is 1.54. The van der Waals surface area contributed by atoms with Crippen LogP contribution in [0.15, 0.2) is 22.7 Å². The van der Waals surface area contributed by atoms with E-state index in [9.17, 15) is 13.2 Å². The van der Waals surface area contributed by atoms with Gasteiger partial charge in [0.05, 0.1) is 10.5 Å². The summed E-state index contributed by atoms with van der Waals surface area (Å²) < 4.78 is 39.9. The summed E-state index contributed by atoms with van der Waals surface area (Å²) in [6.07, 6.45) is -4.72. The third-order valence-electron chi connectivity index (χ3n) is 1.73. The van der Waals surface area contributed by atoms with Crippen molar-refractivity contribution in [3.05, 3.63) is 22.7 Å². The van der Waals surface area contributed by atoms with Gasteiger partial charge in [0, 0.05) is 5.69 Å². The van der Waals surface area contributed by atoms with Crippen LogP contribution in [0.1, 0.15) is 6.92 Å². The minimum absolute atomic E-state index is 0.157. The standard InChI is InChI=1S/C10H8BrF3N2O/c1-6(5-15)16-7-2-3-9(8(11)4-7)17-10(12,13)14/h2-4,6,16H,1H3.